The molecule has 1 amide bonds. The summed E-state index contributed by atoms with van der Waals surface area (Å²) < 4.78 is 13.9. The van der Waals surface area contributed by atoms with Gasteiger partial charge in [0.15, 0.2) is 0 Å². The highest BCUT2D eigenvalue weighted by atomic mass is 35.5. The molecule has 0 aliphatic heterocycles. The molecule has 0 spiro atoms. The van der Waals surface area contributed by atoms with E-state index in [9.17, 15) is 9.59 Å². The van der Waals surface area contributed by atoms with Crippen LogP contribution in [0.1, 0.15) is 18.4 Å². The fourth-order valence-corrected chi connectivity index (χ4v) is 1.54. The van der Waals surface area contributed by atoms with Crippen molar-refractivity contribution in [1.29, 1.82) is 0 Å². The Morgan fingerprint density at radius 1 is 1.27 bits per heavy atom. The van der Waals surface area contributed by atoms with Gasteiger partial charge in [-0.3, -0.25) is 5.32 Å². The van der Waals surface area contributed by atoms with Gasteiger partial charge in [0.1, 0.15) is 5.75 Å². The van der Waals surface area contributed by atoms with E-state index in [1.54, 1.807) is 6.07 Å². The first kappa shape index (κ1) is 17.7. The van der Waals surface area contributed by atoms with Crippen LogP contribution in [0.15, 0.2) is 18.2 Å². The van der Waals surface area contributed by atoms with E-state index >= 15 is 0 Å². The van der Waals surface area contributed by atoms with Crippen LogP contribution < -0.4 is 10.1 Å². The second-order valence-electron chi connectivity index (χ2n) is 3.97. The zero-order valence-corrected chi connectivity index (χ0v) is 13.0. The molecule has 0 radical (unpaired) electrons. The van der Waals surface area contributed by atoms with Crippen LogP contribution in [0.4, 0.5) is 15.3 Å². The molecule has 22 heavy (non-hydrogen) atoms. The van der Waals surface area contributed by atoms with Crippen molar-refractivity contribution in [1.82, 2.24) is 0 Å². The topological polar surface area (TPSA) is 73.9 Å². The molecule has 0 heterocycles. The summed E-state index contributed by atoms with van der Waals surface area (Å²) in [6, 6.07) is 4.59. The van der Waals surface area contributed by atoms with E-state index in [2.05, 4.69) is 26.6 Å². The fraction of sp³-hybridized carbons (Fsp3) is 0.333. The average molecular weight is 326 g/mol. The summed E-state index contributed by atoms with van der Waals surface area (Å²) in [5, 5.41) is 2.53. The van der Waals surface area contributed by atoms with Crippen molar-refractivity contribution in [2.45, 2.75) is 12.8 Å². The quantitative estimate of drug-likeness (QED) is 0.302. The summed E-state index contributed by atoms with van der Waals surface area (Å²) in [6.45, 7) is 0. The van der Waals surface area contributed by atoms with E-state index in [1.165, 1.54) is 26.4 Å². The monoisotopic (exact) mass is 325 g/mol. The van der Waals surface area contributed by atoms with Gasteiger partial charge in [-0.05, 0) is 24.6 Å². The van der Waals surface area contributed by atoms with Gasteiger partial charge >= 0.3 is 12.2 Å². The fourth-order valence-electron chi connectivity index (χ4n) is 1.41. The molecule has 0 unspecified atom stereocenters. The summed E-state index contributed by atoms with van der Waals surface area (Å²) in [7, 11) is 2.47. The molecule has 1 rings (SSSR count). The van der Waals surface area contributed by atoms with E-state index in [-0.39, 0.29) is 5.75 Å². The van der Waals surface area contributed by atoms with E-state index in [4.69, 9.17) is 16.3 Å². The van der Waals surface area contributed by atoms with Crippen LogP contribution in [0.5, 0.6) is 5.75 Å². The number of hydrogen-bond donors (Lipinski definition) is 1. The molecule has 0 saturated heterocycles. The van der Waals surface area contributed by atoms with Crippen molar-refractivity contribution in [3.63, 3.8) is 0 Å². The minimum atomic E-state index is -0.838. The Hall–Kier alpha value is -2.39. The predicted molar refractivity (Wildman–Crippen MR) is 82.3 cm³/mol. The number of halogens is 1. The molecule has 0 fully saturated rings. The van der Waals surface area contributed by atoms with Crippen molar-refractivity contribution >= 4 is 29.5 Å². The molecule has 1 aromatic carbocycles. The number of nitrogens with one attached hydrogen (secondary N) is 1. The number of unbranched alkanes of at least 4 members (excludes halogenated alkanes) is 1. The zero-order chi connectivity index (χ0) is 16.4. The van der Waals surface area contributed by atoms with Crippen molar-refractivity contribution in [3.05, 3.63) is 23.8 Å². The number of ether oxygens (including phenoxy) is 3. The van der Waals surface area contributed by atoms with Crippen molar-refractivity contribution < 1.29 is 23.8 Å². The number of hydrogen-bond acceptors (Lipinski definition) is 5. The number of alkyl halides is 1. The van der Waals surface area contributed by atoms with Crippen LogP contribution >= 0.6 is 11.6 Å². The summed E-state index contributed by atoms with van der Waals surface area (Å²) in [5.41, 5.74) is 0.934. The molecule has 0 aromatic heterocycles. The number of amides is 1. The average Bonchev–Trinajstić information content (AvgIpc) is 2.53. The zero-order valence-electron chi connectivity index (χ0n) is 12.3. The summed E-state index contributed by atoms with van der Waals surface area (Å²) >= 11 is 5.59. The van der Waals surface area contributed by atoms with Gasteiger partial charge < -0.3 is 14.2 Å². The highest BCUT2D eigenvalue weighted by molar-refractivity contribution is 6.17. The van der Waals surface area contributed by atoms with Gasteiger partial charge in [0.25, 0.3) is 0 Å². The largest absolute Gasteiger partial charge is 0.513 e. The van der Waals surface area contributed by atoms with E-state index in [0.29, 0.717) is 23.6 Å². The highest BCUT2D eigenvalue weighted by Crippen LogP contribution is 2.22. The maximum Gasteiger partial charge on any atom is 0.513 e. The number of carbonyl (C=O) groups is 2. The van der Waals surface area contributed by atoms with E-state index < -0.39 is 12.2 Å². The Morgan fingerprint density at radius 2 is 2.05 bits per heavy atom. The van der Waals surface area contributed by atoms with Crippen LogP contribution in [0, 0.1) is 11.8 Å². The van der Waals surface area contributed by atoms with Crippen LogP contribution in [0.25, 0.3) is 0 Å². The molecule has 1 N–H and O–H groups in total. The summed E-state index contributed by atoms with van der Waals surface area (Å²) in [6.07, 6.45) is -0.0872. The smallest absolute Gasteiger partial charge is 0.453 e. The normalized spacial score (nSPS) is 9.23. The maximum atomic E-state index is 11.3. The first-order valence-electron chi connectivity index (χ1n) is 6.40. The van der Waals surface area contributed by atoms with Crippen LogP contribution in [0.2, 0.25) is 0 Å². The van der Waals surface area contributed by atoms with Crippen LogP contribution in [0.3, 0.4) is 0 Å². The second kappa shape index (κ2) is 9.53. The lowest BCUT2D eigenvalue weighted by Crippen LogP contribution is -2.12. The summed E-state index contributed by atoms with van der Waals surface area (Å²) in [4.78, 5) is 22.4. The van der Waals surface area contributed by atoms with Gasteiger partial charge in [-0.25, -0.2) is 9.59 Å². The summed E-state index contributed by atoms with van der Waals surface area (Å²) in [5.74, 6) is 6.60. The molecule has 0 atom stereocenters. The third-order valence-electron chi connectivity index (χ3n) is 2.44. The van der Waals surface area contributed by atoms with Crippen molar-refractivity contribution in [3.8, 4) is 17.6 Å². The molecular formula is C15H16ClNO5. The Balaban J connectivity index is 3.01. The first-order chi connectivity index (χ1) is 10.6. The lowest BCUT2D eigenvalue weighted by Gasteiger charge is -2.08. The highest BCUT2D eigenvalue weighted by Gasteiger charge is 2.09. The second-order valence-corrected chi connectivity index (χ2v) is 4.35. The van der Waals surface area contributed by atoms with E-state index in [0.717, 1.165) is 6.42 Å². The number of carbonyl (C=O) groups excluding carboxylic acids is 2. The van der Waals surface area contributed by atoms with E-state index in [1.807, 2.05) is 0 Å². The minimum Gasteiger partial charge on any atom is -0.453 e. The van der Waals surface area contributed by atoms with Crippen LogP contribution in [-0.4, -0.2) is 32.3 Å². The van der Waals surface area contributed by atoms with Gasteiger partial charge in [-0.2, -0.15) is 0 Å². The lowest BCUT2D eigenvalue weighted by molar-refractivity contribution is 0.121. The number of rotatable bonds is 4. The van der Waals surface area contributed by atoms with Crippen LogP contribution in [-0.2, 0) is 9.47 Å². The van der Waals surface area contributed by atoms with Crippen molar-refractivity contribution in [2.24, 2.45) is 0 Å². The van der Waals surface area contributed by atoms with Gasteiger partial charge in [0.2, 0.25) is 0 Å². The Labute approximate surface area is 133 Å². The third-order valence-corrected chi connectivity index (χ3v) is 2.71. The number of methoxy groups -OCH3 is 2. The molecule has 0 aliphatic carbocycles. The molecule has 7 heteroatoms. The maximum absolute atomic E-state index is 11.3. The molecule has 0 bridgehead atoms. The number of benzene rings is 1. The minimum absolute atomic E-state index is 0.254. The van der Waals surface area contributed by atoms with Gasteiger partial charge in [0.05, 0.1) is 25.5 Å². The van der Waals surface area contributed by atoms with Gasteiger partial charge in [0, 0.05) is 12.3 Å². The molecule has 0 aliphatic rings. The Kier molecular flexibility index (Phi) is 7.65. The lowest BCUT2D eigenvalue weighted by atomic mass is 10.1. The van der Waals surface area contributed by atoms with Gasteiger partial charge in [-0.1, -0.05) is 11.8 Å². The third kappa shape index (κ3) is 5.94. The molecule has 6 nitrogen and oxygen atoms in total. The number of anilines is 1. The standard InChI is InChI=1S/C15H16ClNO5/c1-20-14(18)17-13-8-7-12(22-15(19)21-2)10-11(13)6-4-3-5-9-16/h7-8,10H,3,5,9H2,1-2H3,(H,17,18). The Morgan fingerprint density at radius 3 is 2.68 bits per heavy atom. The SMILES string of the molecule is COC(=O)Nc1ccc(OC(=O)OC)cc1C#CCCCCl. The Bertz CT molecular complexity index is 591. The predicted octanol–water partition coefficient (Wildman–Crippen LogP) is 3.38. The molecular weight excluding hydrogens is 310 g/mol. The molecule has 118 valence electrons. The molecule has 0 saturated carbocycles. The molecule has 1 aromatic rings. The first-order valence-corrected chi connectivity index (χ1v) is 6.93. The van der Waals surface area contributed by atoms with Crippen molar-refractivity contribution in [2.75, 3.05) is 25.4 Å². The van der Waals surface area contributed by atoms with Gasteiger partial charge in [-0.15, -0.1) is 11.6 Å².